The molecule has 0 atom stereocenters. The Hall–Kier alpha value is -0.730. The fourth-order valence-corrected chi connectivity index (χ4v) is 4.51. The Morgan fingerprint density at radius 3 is 2.41 bits per heavy atom. The molecule has 27 heavy (non-hydrogen) atoms. The van der Waals surface area contributed by atoms with Crippen molar-refractivity contribution in [2.45, 2.75) is 11.3 Å². The van der Waals surface area contributed by atoms with Crippen LogP contribution in [0.25, 0.3) is 0 Å². The summed E-state index contributed by atoms with van der Waals surface area (Å²) in [7, 11) is -3.67. The zero-order valence-corrected chi connectivity index (χ0v) is 16.2. The molecule has 3 rings (SSSR count). The molecular formula is C17H13Cl3NNaO4S. The van der Waals surface area contributed by atoms with Crippen LogP contribution >= 0.6 is 34.8 Å². The number of fused-ring (bicyclic) bond motifs is 1. The van der Waals surface area contributed by atoms with E-state index in [4.69, 9.17) is 34.8 Å². The van der Waals surface area contributed by atoms with Crippen molar-refractivity contribution in [3.63, 3.8) is 0 Å². The van der Waals surface area contributed by atoms with Crippen LogP contribution in [0.5, 0.6) is 0 Å². The normalized spacial score (nSPS) is 17.4. The molecule has 1 aliphatic heterocycles. The van der Waals surface area contributed by atoms with E-state index in [1.807, 2.05) is 0 Å². The number of Topliss-reactive ketones (excluding diaryl/α,β-unsaturated/α-hetero) is 1. The van der Waals surface area contributed by atoms with Gasteiger partial charge >= 0.3 is 29.6 Å². The number of aliphatic hydroxyl groups is 1. The summed E-state index contributed by atoms with van der Waals surface area (Å²) >= 11 is 17.7. The van der Waals surface area contributed by atoms with Gasteiger partial charge in [0.25, 0.3) is 0 Å². The quantitative estimate of drug-likeness (QED) is 0.401. The number of anilines is 1. The Morgan fingerprint density at radius 1 is 1.04 bits per heavy atom. The molecule has 1 aliphatic rings. The van der Waals surface area contributed by atoms with E-state index in [2.05, 4.69) is 5.32 Å². The molecule has 2 N–H and O–H groups in total. The van der Waals surface area contributed by atoms with E-state index < -0.39 is 21.5 Å². The summed E-state index contributed by atoms with van der Waals surface area (Å²) < 4.78 is 24.8. The van der Waals surface area contributed by atoms with Crippen molar-refractivity contribution in [1.29, 1.82) is 0 Å². The third-order valence-corrected chi connectivity index (χ3v) is 6.63. The second-order valence-corrected chi connectivity index (χ2v) is 8.95. The van der Waals surface area contributed by atoms with E-state index in [0.717, 1.165) is 0 Å². The molecule has 0 spiro atoms. The number of allylic oxidation sites excluding steroid dienone is 1. The van der Waals surface area contributed by atoms with E-state index in [0.29, 0.717) is 10.7 Å². The van der Waals surface area contributed by atoms with Gasteiger partial charge in [-0.05, 0) is 42.8 Å². The van der Waals surface area contributed by atoms with Crippen molar-refractivity contribution in [2.24, 2.45) is 0 Å². The van der Waals surface area contributed by atoms with Crippen molar-refractivity contribution in [1.82, 2.24) is 0 Å². The summed E-state index contributed by atoms with van der Waals surface area (Å²) in [5, 5.41) is 13.9. The van der Waals surface area contributed by atoms with Crippen molar-refractivity contribution in [2.75, 3.05) is 11.1 Å². The number of rotatable bonds is 2. The third kappa shape index (κ3) is 4.82. The van der Waals surface area contributed by atoms with Crippen LogP contribution in [0.3, 0.4) is 0 Å². The van der Waals surface area contributed by atoms with Crippen molar-refractivity contribution in [3.05, 3.63) is 68.5 Å². The van der Waals surface area contributed by atoms with Gasteiger partial charge in [0.15, 0.2) is 21.5 Å². The predicted octanol–water partition coefficient (Wildman–Crippen LogP) is 4.24. The molecule has 0 unspecified atom stereocenters. The summed E-state index contributed by atoms with van der Waals surface area (Å²) in [4.78, 5) is 12.7. The zero-order valence-electron chi connectivity index (χ0n) is 13.1. The summed E-state index contributed by atoms with van der Waals surface area (Å²) in [6.45, 7) is 0. The topological polar surface area (TPSA) is 83.5 Å². The second kappa shape index (κ2) is 8.74. The first-order valence-corrected chi connectivity index (χ1v) is 10.2. The van der Waals surface area contributed by atoms with Gasteiger partial charge in [-0.15, -0.1) is 0 Å². The number of ketones is 1. The van der Waals surface area contributed by atoms with E-state index in [1.165, 1.54) is 30.3 Å². The molecule has 0 saturated heterocycles. The number of carbonyl (C=O) groups excluding carboxylic acids is 1. The SMILES string of the molecule is O=C1C(=C(O)Nc2ccc(Cl)c(Cl)c2)CCS(=O)(=O)c2ccc(Cl)cc21.[NaH]. The van der Waals surface area contributed by atoms with Crippen LogP contribution in [0, 0.1) is 0 Å². The number of sulfone groups is 1. The Kier molecular flexibility index (Phi) is 7.30. The van der Waals surface area contributed by atoms with Gasteiger partial charge in [0.2, 0.25) is 0 Å². The Balaban J connectivity index is 0.00000261. The van der Waals surface area contributed by atoms with Gasteiger partial charge < -0.3 is 10.4 Å². The number of carbonyl (C=O) groups is 1. The molecule has 0 amide bonds. The maximum absolute atomic E-state index is 12.8. The molecule has 2 aromatic rings. The molecule has 138 valence electrons. The van der Waals surface area contributed by atoms with Gasteiger partial charge in [-0.3, -0.25) is 4.79 Å². The third-order valence-electron chi connectivity index (χ3n) is 3.88. The molecule has 0 radical (unpaired) electrons. The molecule has 2 aromatic carbocycles. The van der Waals surface area contributed by atoms with Crippen LogP contribution in [0.15, 0.2) is 52.7 Å². The molecule has 10 heteroatoms. The number of nitrogens with one attached hydrogen (secondary N) is 1. The molecule has 0 bridgehead atoms. The van der Waals surface area contributed by atoms with Gasteiger partial charge in [0, 0.05) is 16.3 Å². The second-order valence-electron chi connectivity index (χ2n) is 5.62. The van der Waals surface area contributed by atoms with Gasteiger partial charge in [0.05, 0.1) is 26.3 Å². The number of benzene rings is 2. The minimum atomic E-state index is -3.67. The van der Waals surface area contributed by atoms with Crippen LogP contribution in [0.1, 0.15) is 16.8 Å². The molecule has 0 saturated carbocycles. The fraction of sp³-hybridized carbons (Fsp3) is 0.118. The van der Waals surface area contributed by atoms with Crippen LogP contribution in [-0.4, -0.2) is 54.6 Å². The van der Waals surface area contributed by atoms with Crippen molar-refractivity contribution >= 4 is 85.7 Å². The van der Waals surface area contributed by atoms with Gasteiger partial charge in [-0.1, -0.05) is 34.8 Å². The van der Waals surface area contributed by atoms with Crippen LogP contribution in [-0.2, 0) is 9.84 Å². The van der Waals surface area contributed by atoms with Crippen LogP contribution in [0.2, 0.25) is 15.1 Å². The number of halogens is 3. The maximum atomic E-state index is 12.8. The molecular weight excluding hydrogens is 444 g/mol. The Morgan fingerprint density at radius 2 is 1.74 bits per heavy atom. The average Bonchev–Trinajstić information content (AvgIpc) is 2.66. The number of hydrogen-bond donors (Lipinski definition) is 2. The zero-order chi connectivity index (χ0) is 19.1. The van der Waals surface area contributed by atoms with Gasteiger partial charge in [0.1, 0.15) is 0 Å². The van der Waals surface area contributed by atoms with Crippen molar-refractivity contribution < 1.29 is 18.3 Å². The molecule has 0 aliphatic carbocycles. The van der Waals surface area contributed by atoms with Gasteiger partial charge in [-0.25, -0.2) is 8.42 Å². The predicted molar refractivity (Wildman–Crippen MR) is 109 cm³/mol. The van der Waals surface area contributed by atoms with E-state index >= 15 is 0 Å². The van der Waals surface area contributed by atoms with Crippen LogP contribution in [0.4, 0.5) is 5.69 Å². The monoisotopic (exact) mass is 455 g/mol. The number of hydrogen-bond acceptors (Lipinski definition) is 5. The Bertz CT molecular complexity index is 1050. The first-order valence-electron chi connectivity index (χ1n) is 7.40. The van der Waals surface area contributed by atoms with E-state index in [9.17, 15) is 18.3 Å². The first kappa shape index (κ1) is 22.6. The van der Waals surface area contributed by atoms with Crippen LogP contribution < -0.4 is 5.32 Å². The molecule has 0 aromatic heterocycles. The molecule has 1 heterocycles. The minimum absolute atomic E-state index is 0. The first-order chi connectivity index (χ1) is 12.2. The summed E-state index contributed by atoms with van der Waals surface area (Å²) in [5.74, 6) is -1.36. The fourth-order valence-electron chi connectivity index (χ4n) is 2.59. The summed E-state index contributed by atoms with van der Waals surface area (Å²) in [6, 6.07) is 8.56. The standard InChI is InChI=1S/C17H12Cl3NO4S.Na.H/c18-9-1-4-15-12(7-9)16(22)11(5-6-26(15,24)25)17(23)21-10-2-3-13(19)14(20)8-10;;/h1-4,7-8,21,23H,5-6H2;;. The van der Waals surface area contributed by atoms with E-state index in [1.54, 1.807) is 6.07 Å². The van der Waals surface area contributed by atoms with Gasteiger partial charge in [-0.2, -0.15) is 0 Å². The summed E-state index contributed by atoms with van der Waals surface area (Å²) in [6.07, 6.45) is -0.145. The van der Waals surface area contributed by atoms with Crippen molar-refractivity contribution in [3.8, 4) is 0 Å². The molecule has 0 fully saturated rings. The summed E-state index contributed by atoms with van der Waals surface area (Å²) in [5.41, 5.74) is 0.281. The van der Waals surface area contributed by atoms with E-state index in [-0.39, 0.29) is 67.8 Å². The average molecular weight is 457 g/mol. The molecule has 5 nitrogen and oxygen atoms in total. The number of aliphatic hydroxyl groups excluding tert-OH is 1. The Labute approximate surface area is 193 Å².